The van der Waals surface area contributed by atoms with Gasteiger partial charge in [0.1, 0.15) is 11.2 Å². The fourth-order valence-electron chi connectivity index (χ4n) is 7.44. The highest BCUT2D eigenvalue weighted by atomic mass is 16.6. The Morgan fingerprint density at radius 1 is 0.404 bits per heavy atom. The molecule has 0 atom stereocenters. The number of nitro benzene ring substituents is 2. The Labute approximate surface area is 266 Å². The van der Waals surface area contributed by atoms with Crippen LogP contribution in [-0.4, -0.2) is 9.85 Å². The minimum atomic E-state index is -0.304. The van der Waals surface area contributed by atoms with Gasteiger partial charge < -0.3 is 4.42 Å². The monoisotopic (exact) mass is 610 g/mol. The molecule has 0 amide bonds. The molecule has 0 aliphatic carbocycles. The van der Waals surface area contributed by atoms with Gasteiger partial charge in [0.05, 0.1) is 31.4 Å². The van der Waals surface area contributed by atoms with Crippen molar-refractivity contribution < 1.29 is 14.3 Å². The maximum Gasteiger partial charge on any atom is 0.284 e. The Balaban J connectivity index is 1.43. The molecule has 0 fully saturated rings. The number of nitrogens with zero attached hydrogens (tertiary/aromatic N) is 2. The van der Waals surface area contributed by atoms with Gasteiger partial charge in [-0.05, 0) is 63.0 Å². The van der Waals surface area contributed by atoms with Crippen molar-refractivity contribution in [2.45, 2.75) is 0 Å². The van der Waals surface area contributed by atoms with Gasteiger partial charge in [0.25, 0.3) is 11.4 Å². The van der Waals surface area contributed by atoms with E-state index >= 15 is 0 Å². The first-order valence-electron chi connectivity index (χ1n) is 15.1. The van der Waals surface area contributed by atoms with Crippen LogP contribution in [-0.2, 0) is 0 Å². The molecule has 0 saturated carbocycles. The normalized spacial score (nSPS) is 11.7. The van der Waals surface area contributed by atoms with Crippen LogP contribution in [0.15, 0.2) is 138 Å². The molecule has 0 aliphatic heterocycles. The molecule has 0 bridgehead atoms. The van der Waals surface area contributed by atoms with E-state index in [4.69, 9.17) is 4.42 Å². The third-order valence-corrected chi connectivity index (χ3v) is 9.23. The van der Waals surface area contributed by atoms with E-state index in [1.807, 2.05) is 109 Å². The summed E-state index contributed by atoms with van der Waals surface area (Å²) in [7, 11) is 0. The molecule has 0 aliphatic rings. The van der Waals surface area contributed by atoms with Crippen LogP contribution >= 0.6 is 0 Å². The summed E-state index contributed by atoms with van der Waals surface area (Å²) < 4.78 is 6.72. The molecule has 8 aromatic carbocycles. The third-order valence-electron chi connectivity index (χ3n) is 9.23. The standard InChI is InChI=1S/C40H22N2O5/c43-41(44)38-27-15-5-1-11-23(27)35(24-12-2-6-16-28(24)38)31-19-10-22-34-37(31)33-21-9-20-32(40(33)47-34)36-25-13-3-7-17-29(25)39(42(45)46)30-18-8-4-14-26(30)36/h1-22H. The van der Waals surface area contributed by atoms with E-state index in [2.05, 4.69) is 0 Å². The van der Waals surface area contributed by atoms with Gasteiger partial charge >= 0.3 is 0 Å². The summed E-state index contributed by atoms with van der Waals surface area (Å²) in [6.07, 6.45) is 0. The number of benzene rings is 8. The smallest absolute Gasteiger partial charge is 0.284 e. The highest BCUT2D eigenvalue weighted by Gasteiger charge is 2.26. The molecular formula is C40H22N2O5. The number of non-ortho nitro benzene ring substituents is 2. The zero-order valence-electron chi connectivity index (χ0n) is 24.6. The summed E-state index contributed by atoms with van der Waals surface area (Å²) in [6, 6.07) is 41.8. The first kappa shape index (κ1) is 26.8. The van der Waals surface area contributed by atoms with Crippen molar-refractivity contribution in [3.05, 3.63) is 154 Å². The van der Waals surface area contributed by atoms with Crippen molar-refractivity contribution in [2.75, 3.05) is 0 Å². The second kappa shape index (κ2) is 9.95. The van der Waals surface area contributed by atoms with Gasteiger partial charge in [0.15, 0.2) is 0 Å². The Bertz CT molecular complexity index is 2700. The van der Waals surface area contributed by atoms with E-state index < -0.39 is 0 Å². The molecule has 47 heavy (non-hydrogen) atoms. The van der Waals surface area contributed by atoms with Gasteiger partial charge in [-0.3, -0.25) is 20.2 Å². The highest BCUT2D eigenvalue weighted by Crippen LogP contribution is 2.49. The summed E-state index contributed by atoms with van der Waals surface area (Å²) >= 11 is 0. The predicted octanol–water partition coefficient (Wildman–Crippen LogP) is 11.3. The van der Waals surface area contributed by atoms with Crippen molar-refractivity contribution in [2.24, 2.45) is 0 Å². The van der Waals surface area contributed by atoms with Gasteiger partial charge in [-0.15, -0.1) is 0 Å². The van der Waals surface area contributed by atoms with E-state index in [0.29, 0.717) is 32.7 Å². The van der Waals surface area contributed by atoms with E-state index in [1.54, 1.807) is 24.3 Å². The fraction of sp³-hybridized carbons (Fsp3) is 0. The van der Waals surface area contributed by atoms with Crippen LogP contribution in [0.3, 0.4) is 0 Å². The molecule has 0 saturated heterocycles. The third kappa shape index (κ3) is 3.74. The average Bonchev–Trinajstić information content (AvgIpc) is 3.48. The van der Waals surface area contributed by atoms with Crippen LogP contribution in [0.25, 0.3) is 87.3 Å². The summed E-state index contributed by atoms with van der Waals surface area (Å²) in [5.74, 6) is 0. The summed E-state index contributed by atoms with van der Waals surface area (Å²) in [5.41, 5.74) is 4.98. The van der Waals surface area contributed by atoms with E-state index in [0.717, 1.165) is 54.6 Å². The summed E-state index contributed by atoms with van der Waals surface area (Å²) in [6.45, 7) is 0. The van der Waals surface area contributed by atoms with Crippen LogP contribution < -0.4 is 0 Å². The van der Waals surface area contributed by atoms with E-state index in [-0.39, 0.29) is 21.2 Å². The Morgan fingerprint density at radius 2 is 0.766 bits per heavy atom. The number of hydrogen-bond acceptors (Lipinski definition) is 5. The molecule has 0 unspecified atom stereocenters. The largest absolute Gasteiger partial charge is 0.455 e. The molecule has 7 nitrogen and oxygen atoms in total. The van der Waals surface area contributed by atoms with Crippen molar-refractivity contribution in [1.29, 1.82) is 0 Å². The minimum absolute atomic E-state index is 0.0796. The summed E-state index contributed by atoms with van der Waals surface area (Å²) in [4.78, 5) is 24.2. The molecule has 0 N–H and O–H groups in total. The zero-order valence-corrected chi connectivity index (χ0v) is 24.6. The Kier molecular flexibility index (Phi) is 5.67. The first-order chi connectivity index (χ1) is 23.0. The van der Waals surface area contributed by atoms with Gasteiger partial charge in [0, 0.05) is 21.9 Å². The van der Waals surface area contributed by atoms with Crippen molar-refractivity contribution in [1.82, 2.24) is 0 Å². The van der Waals surface area contributed by atoms with Gasteiger partial charge in [0.2, 0.25) is 0 Å². The zero-order chi connectivity index (χ0) is 31.8. The second-order valence-corrected chi connectivity index (χ2v) is 11.6. The lowest BCUT2D eigenvalue weighted by molar-refractivity contribution is -0.381. The lowest BCUT2D eigenvalue weighted by Crippen LogP contribution is -1.95. The molecule has 9 rings (SSSR count). The molecule has 0 radical (unpaired) electrons. The lowest BCUT2D eigenvalue weighted by atomic mass is 9.88. The number of fused-ring (bicyclic) bond motifs is 7. The second-order valence-electron chi connectivity index (χ2n) is 11.6. The lowest BCUT2D eigenvalue weighted by Gasteiger charge is -2.14. The van der Waals surface area contributed by atoms with Gasteiger partial charge in [-0.25, -0.2) is 0 Å². The molecule has 222 valence electrons. The summed E-state index contributed by atoms with van der Waals surface area (Å²) in [5, 5.41) is 31.9. The molecule has 9 aromatic rings. The molecule has 1 heterocycles. The van der Waals surface area contributed by atoms with Gasteiger partial charge in [-0.2, -0.15) is 0 Å². The molecule has 7 heteroatoms. The van der Waals surface area contributed by atoms with Gasteiger partial charge in [-0.1, -0.05) is 103 Å². The molecule has 1 aromatic heterocycles. The van der Waals surface area contributed by atoms with Crippen LogP contribution in [0, 0.1) is 20.2 Å². The van der Waals surface area contributed by atoms with E-state index in [9.17, 15) is 20.2 Å². The number of nitro groups is 2. The first-order valence-corrected chi connectivity index (χ1v) is 15.1. The van der Waals surface area contributed by atoms with Crippen LogP contribution in [0.5, 0.6) is 0 Å². The Hall–Kier alpha value is -6.60. The topological polar surface area (TPSA) is 99.4 Å². The highest BCUT2D eigenvalue weighted by molar-refractivity contribution is 6.26. The van der Waals surface area contributed by atoms with Crippen LogP contribution in [0.2, 0.25) is 0 Å². The predicted molar refractivity (Wildman–Crippen MR) is 188 cm³/mol. The fourth-order valence-corrected chi connectivity index (χ4v) is 7.44. The number of rotatable bonds is 4. The average molecular weight is 611 g/mol. The Morgan fingerprint density at radius 3 is 1.21 bits per heavy atom. The SMILES string of the molecule is O=[N+]([O-])c1c2ccccc2c(-c2cccc3c2oc2cccc(-c4c5ccccc5c([N+](=O)[O-])c5ccccc45)c23)c2ccccc12. The maximum atomic E-state index is 12.4. The van der Waals surface area contributed by atoms with Crippen molar-refractivity contribution >= 4 is 76.4 Å². The molecular weight excluding hydrogens is 588 g/mol. The van der Waals surface area contributed by atoms with Crippen molar-refractivity contribution in [3.8, 4) is 22.3 Å². The number of para-hydroxylation sites is 1. The van der Waals surface area contributed by atoms with Crippen LogP contribution in [0.4, 0.5) is 11.4 Å². The van der Waals surface area contributed by atoms with Crippen LogP contribution in [0.1, 0.15) is 0 Å². The van der Waals surface area contributed by atoms with Crippen molar-refractivity contribution in [3.63, 3.8) is 0 Å². The minimum Gasteiger partial charge on any atom is -0.455 e. The maximum absolute atomic E-state index is 12.4. The number of furan rings is 1. The van der Waals surface area contributed by atoms with E-state index in [1.165, 1.54) is 0 Å². The number of hydrogen-bond donors (Lipinski definition) is 0. The molecule has 0 spiro atoms. The quantitative estimate of drug-likeness (QED) is 0.112.